The van der Waals surface area contributed by atoms with Crippen molar-refractivity contribution in [2.75, 3.05) is 7.05 Å². The van der Waals surface area contributed by atoms with Crippen LogP contribution in [0.5, 0.6) is 0 Å². The minimum absolute atomic E-state index is 0.0526. The van der Waals surface area contributed by atoms with E-state index in [-0.39, 0.29) is 3.91 Å². The zero-order chi connectivity index (χ0) is 9.84. The topological polar surface area (TPSA) is 20.3 Å². The van der Waals surface area contributed by atoms with E-state index in [1.165, 1.54) is 5.57 Å². The van der Waals surface area contributed by atoms with Crippen LogP contribution in [0.4, 0.5) is 4.79 Å². The van der Waals surface area contributed by atoms with Gasteiger partial charge in [0.2, 0.25) is 0 Å². The lowest BCUT2D eigenvalue weighted by atomic mass is 10.1. The minimum atomic E-state index is 0.0526. The standard InChI is InChI=1S/C10H12INO/c1-8-4-3-5-9(7-6-8)12(2)10(11)13/h3,5H,6-7H2,1-2H3. The van der Waals surface area contributed by atoms with Crippen LogP contribution < -0.4 is 0 Å². The van der Waals surface area contributed by atoms with Gasteiger partial charge in [-0.25, -0.2) is 0 Å². The second-order valence-electron chi connectivity index (χ2n) is 3.06. The van der Waals surface area contributed by atoms with E-state index < -0.39 is 0 Å². The zero-order valence-electron chi connectivity index (χ0n) is 7.80. The average Bonchev–Trinajstić information content (AvgIpc) is 2.28. The molecule has 0 atom stereocenters. The maximum atomic E-state index is 11.1. The van der Waals surface area contributed by atoms with Crippen LogP contribution in [0.25, 0.3) is 0 Å². The summed E-state index contributed by atoms with van der Waals surface area (Å²) in [6.07, 6.45) is 5.73. The molecule has 0 saturated heterocycles. The number of rotatable bonds is 1. The normalized spacial score (nSPS) is 15.9. The number of allylic oxidation sites excluding steroid dienone is 3. The predicted molar refractivity (Wildman–Crippen MR) is 61.8 cm³/mol. The molecule has 0 aromatic rings. The van der Waals surface area contributed by atoms with Gasteiger partial charge in [-0.2, -0.15) is 0 Å². The quantitative estimate of drug-likeness (QED) is 0.314. The molecule has 0 unspecified atom stereocenters. The van der Waals surface area contributed by atoms with Gasteiger partial charge in [-0.15, -0.1) is 5.73 Å². The number of halogens is 1. The highest BCUT2D eigenvalue weighted by molar-refractivity contribution is 14.1. The summed E-state index contributed by atoms with van der Waals surface area (Å²) in [5.41, 5.74) is 5.44. The molecule has 0 aromatic heterocycles. The van der Waals surface area contributed by atoms with Crippen molar-refractivity contribution in [1.82, 2.24) is 4.90 Å². The molecule has 0 heterocycles. The van der Waals surface area contributed by atoms with Gasteiger partial charge in [0, 0.05) is 35.3 Å². The summed E-state index contributed by atoms with van der Waals surface area (Å²) in [5, 5.41) is 0. The Balaban J connectivity index is 2.80. The van der Waals surface area contributed by atoms with E-state index in [0.717, 1.165) is 18.5 Å². The van der Waals surface area contributed by atoms with Gasteiger partial charge in [-0.1, -0.05) is 0 Å². The molecule has 0 fully saturated rings. The van der Waals surface area contributed by atoms with Gasteiger partial charge in [0.1, 0.15) is 0 Å². The first-order valence-electron chi connectivity index (χ1n) is 4.16. The summed E-state index contributed by atoms with van der Waals surface area (Å²) in [4.78, 5) is 12.7. The van der Waals surface area contributed by atoms with E-state index >= 15 is 0 Å². The van der Waals surface area contributed by atoms with Crippen molar-refractivity contribution in [3.05, 3.63) is 29.2 Å². The van der Waals surface area contributed by atoms with Gasteiger partial charge in [-0.3, -0.25) is 4.79 Å². The fourth-order valence-electron chi connectivity index (χ4n) is 1.14. The van der Waals surface area contributed by atoms with Crippen LogP contribution in [-0.2, 0) is 0 Å². The molecule has 0 bridgehead atoms. The Kier molecular flexibility index (Phi) is 3.75. The maximum Gasteiger partial charge on any atom is 0.287 e. The number of hydrogen-bond acceptors (Lipinski definition) is 1. The van der Waals surface area contributed by atoms with Crippen LogP contribution >= 0.6 is 22.6 Å². The van der Waals surface area contributed by atoms with Crippen molar-refractivity contribution in [2.24, 2.45) is 0 Å². The van der Waals surface area contributed by atoms with E-state index in [4.69, 9.17) is 0 Å². The van der Waals surface area contributed by atoms with E-state index in [1.807, 2.05) is 12.2 Å². The molecule has 0 radical (unpaired) electrons. The molecule has 70 valence electrons. The molecule has 1 amide bonds. The van der Waals surface area contributed by atoms with Gasteiger partial charge < -0.3 is 4.90 Å². The van der Waals surface area contributed by atoms with Crippen molar-refractivity contribution in [2.45, 2.75) is 19.8 Å². The molecule has 0 saturated carbocycles. The lowest BCUT2D eigenvalue weighted by Gasteiger charge is -2.16. The highest BCUT2D eigenvalue weighted by atomic mass is 127. The van der Waals surface area contributed by atoms with E-state index in [1.54, 1.807) is 34.5 Å². The number of carbonyl (C=O) groups excluding carboxylic acids is 1. The van der Waals surface area contributed by atoms with Crippen molar-refractivity contribution in [3.63, 3.8) is 0 Å². The highest BCUT2D eigenvalue weighted by Crippen LogP contribution is 2.18. The first-order valence-corrected chi connectivity index (χ1v) is 5.23. The molecule has 1 rings (SSSR count). The summed E-state index contributed by atoms with van der Waals surface area (Å²) < 4.78 is 0.0526. The molecule has 0 N–H and O–H groups in total. The number of hydrogen-bond donors (Lipinski definition) is 0. The second-order valence-corrected chi connectivity index (χ2v) is 3.98. The lowest BCUT2D eigenvalue weighted by Crippen LogP contribution is -2.19. The second kappa shape index (κ2) is 4.63. The number of nitrogens with zero attached hydrogens (tertiary/aromatic N) is 1. The third-order valence-corrected chi connectivity index (χ3v) is 2.78. The van der Waals surface area contributed by atoms with Crippen LogP contribution in [0.2, 0.25) is 0 Å². The molecule has 1 aliphatic rings. The van der Waals surface area contributed by atoms with Crippen LogP contribution in [0.15, 0.2) is 29.2 Å². The Morgan fingerprint density at radius 2 is 2.31 bits per heavy atom. The van der Waals surface area contributed by atoms with Crippen LogP contribution in [-0.4, -0.2) is 15.9 Å². The van der Waals surface area contributed by atoms with Crippen molar-refractivity contribution in [1.29, 1.82) is 0 Å². The highest BCUT2D eigenvalue weighted by Gasteiger charge is 2.10. The maximum absolute atomic E-state index is 11.1. The molecule has 13 heavy (non-hydrogen) atoms. The molecule has 1 aliphatic carbocycles. The number of amides is 1. The zero-order valence-corrected chi connectivity index (χ0v) is 9.96. The summed E-state index contributed by atoms with van der Waals surface area (Å²) in [5.74, 6) is 0. The summed E-state index contributed by atoms with van der Waals surface area (Å²) in [7, 11) is 1.80. The minimum Gasteiger partial charge on any atom is -0.311 e. The van der Waals surface area contributed by atoms with E-state index in [0.29, 0.717) is 0 Å². The molecular weight excluding hydrogens is 277 g/mol. The smallest absolute Gasteiger partial charge is 0.287 e. The molecule has 0 aromatic carbocycles. The Bertz CT molecular complexity index is 311. The Hall–Kier alpha value is -0.540. The third kappa shape index (κ3) is 3.01. The largest absolute Gasteiger partial charge is 0.311 e. The first-order chi connectivity index (χ1) is 6.11. The van der Waals surface area contributed by atoms with Gasteiger partial charge in [-0.05, 0) is 37.5 Å². The Morgan fingerprint density at radius 3 is 2.92 bits per heavy atom. The monoisotopic (exact) mass is 289 g/mol. The molecule has 3 heteroatoms. The Labute approximate surface area is 92.1 Å². The molecular formula is C10H12INO. The van der Waals surface area contributed by atoms with Crippen molar-refractivity contribution in [3.8, 4) is 0 Å². The molecule has 0 aliphatic heterocycles. The fourth-order valence-corrected chi connectivity index (χ4v) is 1.45. The predicted octanol–water partition coefficient (Wildman–Crippen LogP) is 3.25. The summed E-state index contributed by atoms with van der Waals surface area (Å²) in [6.45, 7) is 2.05. The SMILES string of the molecule is CC1=C=CC=C(N(C)C(=O)I)CC1. The van der Waals surface area contributed by atoms with Gasteiger partial charge in [0.25, 0.3) is 3.91 Å². The van der Waals surface area contributed by atoms with Gasteiger partial charge in [0.05, 0.1) is 0 Å². The van der Waals surface area contributed by atoms with Gasteiger partial charge in [0.15, 0.2) is 0 Å². The van der Waals surface area contributed by atoms with E-state index in [9.17, 15) is 4.79 Å². The summed E-state index contributed by atoms with van der Waals surface area (Å²) >= 11 is 1.79. The van der Waals surface area contributed by atoms with Crippen LogP contribution in [0.3, 0.4) is 0 Å². The average molecular weight is 289 g/mol. The summed E-state index contributed by atoms with van der Waals surface area (Å²) in [6, 6.07) is 0. The lowest BCUT2D eigenvalue weighted by molar-refractivity contribution is 0.244. The van der Waals surface area contributed by atoms with Gasteiger partial charge >= 0.3 is 0 Å². The van der Waals surface area contributed by atoms with Crippen molar-refractivity contribution < 1.29 is 4.79 Å². The number of carbonyl (C=O) groups is 1. The molecule has 0 spiro atoms. The van der Waals surface area contributed by atoms with Crippen LogP contribution in [0, 0.1) is 0 Å². The van der Waals surface area contributed by atoms with Crippen molar-refractivity contribution >= 4 is 26.5 Å². The van der Waals surface area contributed by atoms with Crippen LogP contribution in [0.1, 0.15) is 19.8 Å². The Morgan fingerprint density at radius 1 is 1.62 bits per heavy atom. The van der Waals surface area contributed by atoms with E-state index in [2.05, 4.69) is 12.7 Å². The fraction of sp³-hybridized carbons (Fsp3) is 0.400. The third-order valence-electron chi connectivity index (χ3n) is 2.06. The molecule has 2 nitrogen and oxygen atoms in total. The first kappa shape index (κ1) is 10.5.